The average Bonchev–Trinajstić information content (AvgIpc) is 3.25. The molecule has 2 N–H and O–H groups in total. The van der Waals surface area contributed by atoms with Crippen LogP contribution in [0.5, 0.6) is 11.5 Å². The van der Waals surface area contributed by atoms with Gasteiger partial charge in [0.25, 0.3) is 5.91 Å². The molecule has 3 rings (SSSR count). The van der Waals surface area contributed by atoms with Gasteiger partial charge in [0.1, 0.15) is 36.6 Å². The third-order valence-corrected chi connectivity index (χ3v) is 3.81. The molecule has 0 spiro atoms. The van der Waals surface area contributed by atoms with Crippen molar-refractivity contribution < 1.29 is 23.8 Å². The highest BCUT2D eigenvalue weighted by Gasteiger charge is 2.15. The Morgan fingerprint density at radius 3 is 2.48 bits per heavy atom. The summed E-state index contributed by atoms with van der Waals surface area (Å²) in [6.07, 6.45) is 0.567. The summed E-state index contributed by atoms with van der Waals surface area (Å²) < 4.78 is 16.4. The van der Waals surface area contributed by atoms with Gasteiger partial charge in [-0.25, -0.2) is 0 Å². The number of benzene rings is 2. The molecule has 0 saturated heterocycles. The van der Waals surface area contributed by atoms with Crippen molar-refractivity contribution in [2.75, 3.05) is 19.8 Å². The highest BCUT2D eigenvalue weighted by molar-refractivity contribution is 5.96. The fourth-order valence-corrected chi connectivity index (χ4v) is 2.47. The number of carbonyl (C=O) groups excluding carboxylic acids is 1. The predicted octanol–water partition coefficient (Wildman–Crippen LogP) is 3.20. The monoisotopic (exact) mass is 367 g/mol. The lowest BCUT2D eigenvalue weighted by Gasteiger charge is -2.13. The van der Waals surface area contributed by atoms with E-state index in [1.807, 2.05) is 30.3 Å². The molecule has 1 heterocycles. The van der Waals surface area contributed by atoms with E-state index < -0.39 is 6.10 Å². The van der Waals surface area contributed by atoms with Crippen LogP contribution in [0.1, 0.15) is 22.2 Å². The summed E-state index contributed by atoms with van der Waals surface area (Å²) in [7, 11) is 0. The second kappa shape index (κ2) is 9.45. The Hall–Kier alpha value is -3.25. The third kappa shape index (κ3) is 5.36. The molecule has 1 atom stereocenters. The van der Waals surface area contributed by atoms with Gasteiger partial charge in [0, 0.05) is 0 Å². The molecule has 27 heavy (non-hydrogen) atoms. The van der Waals surface area contributed by atoms with Gasteiger partial charge >= 0.3 is 0 Å². The minimum Gasteiger partial charge on any atom is -0.490 e. The molecule has 0 saturated carbocycles. The number of hydrogen-bond donors (Lipinski definition) is 2. The summed E-state index contributed by atoms with van der Waals surface area (Å²) in [5, 5.41) is 12.7. The van der Waals surface area contributed by atoms with Gasteiger partial charge in [0.2, 0.25) is 0 Å². The van der Waals surface area contributed by atoms with Crippen molar-refractivity contribution in [3.05, 3.63) is 84.3 Å². The Morgan fingerprint density at radius 2 is 1.70 bits per heavy atom. The molecular weight excluding hydrogens is 346 g/mol. The first-order chi connectivity index (χ1) is 13.2. The van der Waals surface area contributed by atoms with Gasteiger partial charge in [0.05, 0.1) is 18.4 Å². The quantitative estimate of drug-likeness (QED) is 0.568. The first kappa shape index (κ1) is 18.5. The van der Waals surface area contributed by atoms with Crippen molar-refractivity contribution in [3.63, 3.8) is 0 Å². The summed E-state index contributed by atoms with van der Waals surface area (Å²) in [6.45, 7) is 0.698. The van der Waals surface area contributed by atoms with E-state index in [0.29, 0.717) is 30.3 Å². The van der Waals surface area contributed by atoms with E-state index in [4.69, 9.17) is 13.9 Å². The van der Waals surface area contributed by atoms with Gasteiger partial charge in [-0.05, 0) is 36.4 Å². The molecule has 0 aliphatic heterocycles. The third-order valence-electron chi connectivity index (χ3n) is 3.81. The predicted molar refractivity (Wildman–Crippen MR) is 99.9 cm³/mol. The van der Waals surface area contributed by atoms with E-state index in [1.165, 1.54) is 6.26 Å². The van der Waals surface area contributed by atoms with Crippen molar-refractivity contribution in [1.29, 1.82) is 0 Å². The summed E-state index contributed by atoms with van der Waals surface area (Å²) in [5.74, 6) is 1.29. The molecule has 1 aromatic heterocycles. The molecule has 0 aliphatic rings. The van der Waals surface area contributed by atoms with Crippen LogP contribution in [-0.4, -0.2) is 30.8 Å². The highest BCUT2D eigenvalue weighted by Crippen LogP contribution is 2.19. The van der Waals surface area contributed by atoms with Gasteiger partial charge in [-0.3, -0.25) is 4.79 Å². The van der Waals surface area contributed by atoms with Gasteiger partial charge in [-0.15, -0.1) is 0 Å². The Balaban J connectivity index is 1.51. The summed E-state index contributed by atoms with van der Waals surface area (Å²) in [4.78, 5) is 12.4. The van der Waals surface area contributed by atoms with Crippen LogP contribution in [-0.2, 0) is 0 Å². The zero-order valence-electron chi connectivity index (χ0n) is 14.7. The van der Waals surface area contributed by atoms with Crippen LogP contribution in [0.25, 0.3) is 0 Å². The Kier molecular flexibility index (Phi) is 6.49. The maximum absolute atomic E-state index is 12.4. The fraction of sp³-hybridized carbons (Fsp3) is 0.190. The van der Waals surface area contributed by atoms with Crippen molar-refractivity contribution in [3.8, 4) is 11.5 Å². The van der Waals surface area contributed by atoms with Crippen molar-refractivity contribution in [2.45, 2.75) is 6.10 Å². The number of hydrogen-bond acceptors (Lipinski definition) is 5. The zero-order chi connectivity index (χ0) is 18.9. The van der Waals surface area contributed by atoms with Gasteiger partial charge in [-0.2, -0.15) is 0 Å². The molecule has 3 aromatic rings. The number of ether oxygens (including phenoxy) is 2. The van der Waals surface area contributed by atoms with E-state index in [9.17, 15) is 9.90 Å². The lowest BCUT2D eigenvalue weighted by molar-refractivity contribution is 0.0896. The SMILES string of the molecule is O=C(NCC(O)c1ccco1)c1ccccc1OCCOc1ccccc1. The lowest BCUT2D eigenvalue weighted by Crippen LogP contribution is -2.28. The number of furan rings is 1. The highest BCUT2D eigenvalue weighted by atomic mass is 16.5. The summed E-state index contributed by atoms with van der Waals surface area (Å²) in [6, 6.07) is 19.7. The molecule has 0 aliphatic carbocycles. The number of amides is 1. The molecular formula is C21H21NO5. The van der Waals surface area contributed by atoms with Crippen molar-refractivity contribution in [1.82, 2.24) is 5.32 Å². The Morgan fingerprint density at radius 1 is 0.963 bits per heavy atom. The van der Waals surface area contributed by atoms with Gasteiger partial charge in [-0.1, -0.05) is 30.3 Å². The fourth-order valence-electron chi connectivity index (χ4n) is 2.47. The van der Waals surface area contributed by atoms with Crippen LogP contribution >= 0.6 is 0 Å². The second-order valence-corrected chi connectivity index (χ2v) is 5.75. The van der Waals surface area contributed by atoms with Crippen molar-refractivity contribution in [2.24, 2.45) is 0 Å². The smallest absolute Gasteiger partial charge is 0.255 e. The van der Waals surface area contributed by atoms with Crippen LogP contribution < -0.4 is 14.8 Å². The number of carbonyl (C=O) groups is 1. The van der Waals surface area contributed by atoms with E-state index >= 15 is 0 Å². The van der Waals surface area contributed by atoms with Gasteiger partial charge in [0.15, 0.2) is 0 Å². The van der Waals surface area contributed by atoms with Crippen LogP contribution in [0.4, 0.5) is 0 Å². The topological polar surface area (TPSA) is 80.9 Å². The first-order valence-electron chi connectivity index (χ1n) is 8.63. The Bertz CT molecular complexity index is 833. The number of aliphatic hydroxyl groups is 1. The first-order valence-corrected chi connectivity index (χ1v) is 8.63. The van der Waals surface area contributed by atoms with Crippen LogP contribution in [0.3, 0.4) is 0 Å². The van der Waals surface area contributed by atoms with E-state index in [0.717, 1.165) is 5.75 Å². The molecule has 0 bridgehead atoms. The van der Waals surface area contributed by atoms with E-state index in [2.05, 4.69) is 5.32 Å². The molecule has 140 valence electrons. The minimum atomic E-state index is -0.906. The summed E-state index contributed by atoms with van der Waals surface area (Å²) in [5.41, 5.74) is 0.392. The van der Waals surface area contributed by atoms with Crippen LogP contribution in [0, 0.1) is 0 Å². The molecule has 6 heteroatoms. The number of nitrogens with one attached hydrogen (secondary N) is 1. The number of para-hydroxylation sites is 2. The van der Waals surface area contributed by atoms with E-state index in [-0.39, 0.29) is 12.5 Å². The zero-order valence-corrected chi connectivity index (χ0v) is 14.7. The molecule has 0 fully saturated rings. The molecule has 1 unspecified atom stereocenters. The molecule has 6 nitrogen and oxygen atoms in total. The van der Waals surface area contributed by atoms with Crippen LogP contribution in [0.15, 0.2) is 77.4 Å². The molecule has 2 aromatic carbocycles. The maximum atomic E-state index is 12.4. The number of rotatable bonds is 9. The Labute approximate surface area is 157 Å². The molecule has 1 amide bonds. The lowest BCUT2D eigenvalue weighted by atomic mass is 10.2. The van der Waals surface area contributed by atoms with Crippen LogP contribution in [0.2, 0.25) is 0 Å². The normalized spacial score (nSPS) is 11.6. The van der Waals surface area contributed by atoms with Gasteiger partial charge < -0.3 is 24.3 Å². The summed E-state index contributed by atoms with van der Waals surface area (Å²) >= 11 is 0. The minimum absolute atomic E-state index is 0.0395. The molecule has 0 radical (unpaired) electrons. The standard InChI is InChI=1S/C21H21NO5/c23-18(20-11-6-12-26-20)15-22-21(24)17-9-4-5-10-19(17)27-14-13-25-16-7-2-1-3-8-16/h1-12,18,23H,13-15H2,(H,22,24). The largest absolute Gasteiger partial charge is 0.490 e. The average molecular weight is 367 g/mol. The maximum Gasteiger partial charge on any atom is 0.255 e. The number of aliphatic hydroxyl groups excluding tert-OH is 1. The van der Waals surface area contributed by atoms with E-state index in [1.54, 1.807) is 36.4 Å². The van der Waals surface area contributed by atoms with Crippen molar-refractivity contribution >= 4 is 5.91 Å². The second-order valence-electron chi connectivity index (χ2n) is 5.75.